The van der Waals surface area contributed by atoms with Crippen molar-refractivity contribution in [2.75, 3.05) is 0 Å². The Labute approximate surface area is 66.0 Å². The van der Waals surface area contributed by atoms with Gasteiger partial charge in [0.2, 0.25) is 0 Å². The minimum absolute atomic E-state index is 0.248. The lowest BCUT2D eigenvalue weighted by atomic mass is 10.2. The van der Waals surface area contributed by atoms with Gasteiger partial charge in [-0.25, -0.2) is 8.78 Å². The smallest absolute Gasteiger partial charge is 0.144 e. The molecular weight excluding hydrogens is 167 g/mol. The lowest BCUT2D eigenvalue weighted by molar-refractivity contribution is 0.464. The molecule has 1 aromatic rings. The van der Waals surface area contributed by atoms with Gasteiger partial charge in [-0.3, -0.25) is 4.98 Å². The molecule has 0 aromatic carbocycles. The predicted molar refractivity (Wildman–Crippen MR) is 42.5 cm³/mol. The molecule has 0 N–H and O–H groups in total. The molecule has 0 bridgehead atoms. The number of rotatable bonds is 1. The molecule has 1 heterocycles. The molecule has 60 valence electrons. The maximum atomic E-state index is 12.7. The van der Waals surface area contributed by atoms with E-state index in [0.717, 1.165) is 6.07 Å². The van der Waals surface area contributed by atoms with Crippen LogP contribution in [0.5, 0.6) is 0 Å². The molecule has 1 rings (SSSR count). The Balaban J connectivity index is 3.05. The Bertz CT molecular complexity index is 263. The van der Waals surface area contributed by atoms with Gasteiger partial charge in [0.25, 0.3) is 0 Å². The normalized spacial score (nSPS) is 13.1. The van der Waals surface area contributed by atoms with Crippen molar-refractivity contribution in [1.82, 2.24) is 4.98 Å². The van der Waals surface area contributed by atoms with Crippen LogP contribution in [0.15, 0.2) is 12.3 Å². The highest BCUT2D eigenvalue weighted by Crippen LogP contribution is 2.23. The highest BCUT2D eigenvalue weighted by atomic mass is 31.0. The van der Waals surface area contributed by atoms with Gasteiger partial charge in [0.05, 0.1) is 5.69 Å². The molecule has 1 unspecified atom stereocenters. The molecule has 0 aliphatic carbocycles. The van der Waals surface area contributed by atoms with E-state index in [-0.39, 0.29) is 5.56 Å². The van der Waals surface area contributed by atoms with Gasteiger partial charge < -0.3 is 0 Å². The van der Waals surface area contributed by atoms with Gasteiger partial charge in [-0.15, -0.1) is 0 Å². The fraction of sp³-hybridized carbons (Fsp3) is 0.286. The number of hydrogen-bond acceptors (Lipinski definition) is 1. The lowest BCUT2D eigenvalue weighted by Crippen LogP contribution is -1.91. The molecule has 4 heteroatoms. The molecule has 0 amide bonds. The summed E-state index contributed by atoms with van der Waals surface area (Å²) in [5.41, 5.74) is 0.539. The Morgan fingerprint density at radius 3 is 2.73 bits per heavy atom. The first-order chi connectivity index (χ1) is 5.11. The van der Waals surface area contributed by atoms with Crippen LogP contribution >= 0.6 is 9.24 Å². The molecule has 0 spiro atoms. The first kappa shape index (κ1) is 8.54. The summed E-state index contributed by atoms with van der Waals surface area (Å²) in [4.78, 5) is 3.67. The van der Waals surface area contributed by atoms with Crippen LogP contribution in [-0.4, -0.2) is 4.98 Å². The van der Waals surface area contributed by atoms with Crippen molar-refractivity contribution in [3.8, 4) is 0 Å². The zero-order valence-corrected chi connectivity index (χ0v) is 7.17. The minimum Gasteiger partial charge on any atom is -0.258 e. The second-order valence-electron chi connectivity index (χ2n) is 2.24. The Hall–Kier alpha value is -0.560. The van der Waals surface area contributed by atoms with Crippen LogP contribution in [0, 0.1) is 12.7 Å². The quantitative estimate of drug-likeness (QED) is 0.597. The van der Waals surface area contributed by atoms with E-state index in [2.05, 4.69) is 4.98 Å². The zero-order chi connectivity index (χ0) is 8.43. The van der Waals surface area contributed by atoms with Crippen molar-refractivity contribution in [3.05, 3.63) is 29.3 Å². The molecule has 0 aliphatic rings. The fourth-order valence-corrected chi connectivity index (χ4v) is 0.854. The van der Waals surface area contributed by atoms with Gasteiger partial charge in [0.15, 0.2) is 0 Å². The van der Waals surface area contributed by atoms with Crippen LogP contribution in [0.3, 0.4) is 0 Å². The third-order valence-electron chi connectivity index (χ3n) is 1.36. The Kier molecular flexibility index (Phi) is 2.50. The lowest BCUT2D eigenvalue weighted by Gasteiger charge is -2.01. The van der Waals surface area contributed by atoms with Crippen LogP contribution in [0.25, 0.3) is 0 Å². The van der Waals surface area contributed by atoms with E-state index < -0.39 is 11.7 Å². The van der Waals surface area contributed by atoms with Gasteiger partial charge in [-0.05, 0) is 13.0 Å². The summed E-state index contributed by atoms with van der Waals surface area (Å²) >= 11 is 0. The van der Waals surface area contributed by atoms with Gasteiger partial charge in [-0.2, -0.15) is 0 Å². The number of hydrogen-bond donors (Lipinski definition) is 0. The van der Waals surface area contributed by atoms with E-state index in [1.54, 1.807) is 0 Å². The molecule has 0 saturated carbocycles. The SMILES string of the molecule is Cc1ncc([C@@H](F)P)cc1F. The molecule has 1 nitrogen and oxygen atoms in total. The molecule has 1 aromatic heterocycles. The summed E-state index contributed by atoms with van der Waals surface area (Å²) in [6, 6.07) is 1.15. The maximum Gasteiger partial charge on any atom is 0.144 e. The summed E-state index contributed by atoms with van der Waals surface area (Å²) in [6.45, 7) is 1.54. The molecule has 11 heavy (non-hydrogen) atoms. The zero-order valence-electron chi connectivity index (χ0n) is 6.01. The second-order valence-corrected chi connectivity index (χ2v) is 2.82. The van der Waals surface area contributed by atoms with Gasteiger partial charge >= 0.3 is 0 Å². The van der Waals surface area contributed by atoms with E-state index in [4.69, 9.17) is 0 Å². The number of alkyl halides is 1. The molecule has 0 aliphatic heterocycles. The van der Waals surface area contributed by atoms with Crippen LogP contribution < -0.4 is 0 Å². The van der Waals surface area contributed by atoms with Gasteiger partial charge in [0.1, 0.15) is 11.7 Å². The minimum atomic E-state index is -1.24. The van der Waals surface area contributed by atoms with Crippen molar-refractivity contribution >= 4 is 9.24 Å². The summed E-state index contributed by atoms with van der Waals surface area (Å²) in [5, 5.41) is 0. The average Bonchev–Trinajstić information content (AvgIpc) is 1.94. The standard InChI is InChI=1S/C7H8F2NP/c1-4-6(8)2-5(3-10-4)7(9)11/h2-3,7H,11H2,1H3/t7-/m0/s1. The number of nitrogens with zero attached hydrogens (tertiary/aromatic N) is 1. The third-order valence-corrected chi connectivity index (χ3v) is 1.75. The highest BCUT2D eigenvalue weighted by Gasteiger charge is 2.05. The second kappa shape index (κ2) is 3.22. The number of halogens is 2. The number of aryl methyl sites for hydroxylation is 1. The van der Waals surface area contributed by atoms with Crippen LogP contribution in [0.2, 0.25) is 0 Å². The van der Waals surface area contributed by atoms with E-state index in [0.29, 0.717) is 5.69 Å². The predicted octanol–water partition coefficient (Wildman–Crippen LogP) is 2.37. The first-order valence-corrected chi connectivity index (χ1v) is 3.79. The molecule has 0 radical (unpaired) electrons. The van der Waals surface area contributed by atoms with Crippen molar-refractivity contribution in [2.45, 2.75) is 12.8 Å². The van der Waals surface area contributed by atoms with Crippen molar-refractivity contribution in [2.24, 2.45) is 0 Å². The maximum absolute atomic E-state index is 12.7. The largest absolute Gasteiger partial charge is 0.258 e. The molecule has 2 atom stereocenters. The van der Waals surface area contributed by atoms with E-state index >= 15 is 0 Å². The van der Waals surface area contributed by atoms with Gasteiger partial charge in [0, 0.05) is 11.8 Å². The fourth-order valence-electron chi connectivity index (χ4n) is 0.672. The van der Waals surface area contributed by atoms with Crippen LogP contribution in [0.4, 0.5) is 8.78 Å². The summed E-state index contributed by atoms with van der Waals surface area (Å²) in [6.07, 6.45) is 1.33. The molecule has 0 fully saturated rings. The van der Waals surface area contributed by atoms with E-state index in [9.17, 15) is 8.78 Å². The molecular formula is C7H8F2NP. The Morgan fingerprint density at radius 1 is 1.64 bits per heavy atom. The van der Waals surface area contributed by atoms with Crippen molar-refractivity contribution < 1.29 is 8.78 Å². The van der Waals surface area contributed by atoms with Crippen LogP contribution in [-0.2, 0) is 0 Å². The highest BCUT2D eigenvalue weighted by molar-refractivity contribution is 7.16. The van der Waals surface area contributed by atoms with Crippen LogP contribution in [0.1, 0.15) is 17.2 Å². The molecule has 0 saturated heterocycles. The average molecular weight is 175 g/mol. The first-order valence-electron chi connectivity index (χ1n) is 3.13. The Morgan fingerprint density at radius 2 is 2.27 bits per heavy atom. The van der Waals surface area contributed by atoms with Gasteiger partial charge in [-0.1, -0.05) is 9.24 Å². The summed E-state index contributed by atoms with van der Waals surface area (Å²) < 4.78 is 25.2. The van der Waals surface area contributed by atoms with Crippen molar-refractivity contribution in [1.29, 1.82) is 0 Å². The van der Waals surface area contributed by atoms with E-state index in [1.165, 1.54) is 13.1 Å². The van der Waals surface area contributed by atoms with E-state index in [1.807, 2.05) is 9.24 Å². The van der Waals surface area contributed by atoms with Crippen molar-refractivity contribution in [3.63, 3.8) is 0 Å². The summed E-state index contributed by atoms with van der Waals surface area (Å²) in [5.74, 6) is -1.70. The monoisotopic (exact) mass is 175 g/mol. The summed E-state index contributed by atoms with van der Waals surface area (Å²) in [7, 11) is 1.94. The topological polar surface area (TPSA) is 12.9 Å². The number of aromatic nitrogens is 1. The third kappa shape index (κ3) is 1.93. The number of pyridine rings is 1.